The standard InChI is InChI=1S/C96H82O8P2/c1-94(2,3)85-64-75(60-62-87(85)99-105(101-90-77(67-36-16-8-17-37-67)52-32-53-78(90)68-38-18-9-19-39-68)102-91-79(69-40-20-10-21-41-69)54-33-55-80(91)70-42-22-11-23-43-70)96(7,66-89(97)98)76-61-63-88(86(65-76)95(4,5)6)100-106(103-92-81(71-44-24-12-25-45-71)56-34-57-82(92)72-46-26-13-27-47-72)104-93-83(73-48-28-14-29-49-73)58-35-59-84(93)74-50-30-15-31-51-74/h8-65H,66H2,1-7H3,(H,97,98). The summed E-state index contributed by atoms with van der Waals surface area (Å²) >= 11 is 0. The van der Waals surface area contributed by atoms with Crippen molar-refractivity contribution in [3.63, 3.8) is 0 Å². The van der Waals surface area contributed by atoms with E-state index in [1.807, 2.05) is 177 Å². The van der Waals surface area contributed by atoms with Gasteiger partial charge in [0.15, 0.2) is 0 Å². The third kappa shape index (κ3) is 16.0. The van der Waals surface area contributed by atoms with Crippen LogP contribution in [0.3, 0.4) is 0 Å². The van der Waals surface area contributed by atoms with Crippen LogP contribution in [0.15, 0.2) is 352 Å². The number of rotatable bonds is 24. The Morgan fingerprint density at radius 1 is 0.264 bits per heavy atom. The minimum absolute atomic E-state index is 0.257. The van der Waals surface area contributed by atoms with Crippen molar-refractivity contribution in [3.8, 4) is 124 Å². The minimum Gasteiger partial charge on any atom is -0.481 e. The Morgan fingerprint density at radius 2 is 0.462 bits per heavy atom. The molecule has 106 heavy (non-hydrogen) atoms. The van der Waals surface area contributed by atoms with Crippen LogP contribution in [-0.2, 0) is 21.0 Å². The second-order valence-corrected chi connectivity index (χ2v) is 30.5. The number of benzene rings is 14. The lowest BCUT2D eigenvalue weighted by molar-refractivity contribution is -0.138. The fourth-order valence-electron chi connectivity index (χ4n) is 13.6. The molecule has 8 nitrogen and oxygen atoms in total. The summed E-state index contributed by atoms with van der Waals surface area (Å²) in [5.74, 6) is 2.40. The van der Waals surface area contributed by atoms with Gasteiger partial charge in [-0.2, -0.15) is 0 Å². The zero-order valence-electron chi connectivity index (χ0n) is 60.4. The van der Waals surface area contributed by atoms with Crippen LogP contribution in [0.4, 0.5) is 0 Å². The van der Waals surface area contributed by atoms with E-state index in [1.54, 1.807) is 0 Å². The van der Waals surface area contributed by atoms with E-state index in [9.17, 15) is 9.90 Å². The van der Waals surface area contributed by atoms with Crippen LogP contribution in [0.2, 0.25) is 0 Å². The number of para-hydroxylation sites is 4. The quantitative estimate of drug-likeness (QED) is 0.0598. The topological polar surface area (TPSA) is 92.7 Å². The van der Waals surface area contributed by atoms with Crippen LogP contribution >= 0.6 is 17.2 Å². The van der Waals surface area contributed by atoms with Gasteiger partial charge < -0.3 is 32.2 Å². The lowest BCUT2D eigenvalue weighted by Gasteiger charge is -2.34. The third-order valence-corrected chi connectivity index (χ3v) is 21.1. The molecule has 10 heteroatoms. The van der Waals surface area contributed by atoms with Gasteiger partial charge in [0.2, 0.25) is 0 Å². The second-order valence-electron chi connectivity index (χ2n) is 28.5. The molecule has 1 N–H and O–H groups in total. The number of hydrogen-bond donors (Lipinski definition) is 1. The summed E-state index contributed by atoms with van der Waals surface area (Å²) in [6.45, 7) is 14.9. The Balaban J connectivity index is 0.904. The predicted molar refractivity (Wildman–Crippen MR) is 436 cm³/mol. The van der Waals surface area contributed by atoms with Crippen molar-refractivity contribution in [2.75, 3.05) is 0 Å². The first-order valence-electron chi connectivity index (χ1n) is 35.7. The average molecular weight is 1430 g/mol. The monoisotopic (exact) mass is 1420 g/mol. The molecule has 0 saturated carbocycles. The molecular formula is C96H82O8P2. The molecule has 0 amide bonds. The van der Waals surface area contributed by atoms with Crippen molar-refractivity contribution in [1.29, 1.82) is 0 Å². The average Bonchev–Trinajstić information content (AvgIpc) is 0.749. The summed E-state index contributed by atoms with van der Waals surface area (Å²) in [5, 5.41) is 11.3. The smallest absolute Gasteiger partial charge is 0.481 e. The van der Waals surface area contributed by atoms with Crippen molar-refractivity contribution >= 4 is 23.2 Å². The van der Waals surface area contributed by atoms with E-state index in [0.29, 0.717) is 34.5 Å². The van der Waals surface area contributed by atoms with E-state index in [4.69, 9.17) is 27.1 Å². The van der Waals surface area contributed by atoms with Gasteiger partial charge in [0.1, 0.15) is 34.5 Å². The number of carbonyl (C=O) groups is 1. The van der Waals surface area contributed by atoms with E-state index >= 15 is 0 Å². The van der Waals surface area contributed by atoms with E-state index in [1.165, 1.54) is 0 Å². The van der Waals surface area contributed by atoms with Gasteiger partial charge in [0.25, 0.3) is 0 Å². The van der Waals surface area contributed by atoms with Crippen LogP contribution in [0.1, 0.15) is 77.1 Å². The molecular weight excluding hydrogens is 1340 g/mol. The lowest BCUT2D eigenvalue weighted by Crippen LogP contribution is -2.29. The van der Waals surface area contributed by atoms with E-state index in [0.717, 1.165) is 111 Å². The summed E-state index contributed by atoms with van der Waals surface area (Å²) in [4.78, 5) is 13.8. The van der Waals surface area contributed by atoms with Gasteiger partial charge >= 0.3 is 23.2 Å². The fourth-order valence-corrected chi connectivity index (χ4v) is 15.9. The molecule has 0 saturated heterocycles. The van der Waals surface area contributed by atoms with Gasteiger partial charge in [-0.3, -0.25) is 4.79 Å². The Morgan fingerprint density at radius 3 is 0.642 bits per heavy atom. The highest BCUT2D eigenvalue weighted by molar-refractivity contribution is 7.43. The first-order chi connectivity index (χ1) is 51.5. The summed E-state index contributed by atoms with van der Waals surface area (Å²) in [6.07, 6.45) is -0.257. The molecule has 0 bridgehead atoms. The molecule has 0 spiro atoms. The molecule has 0 aromatic heterocycles. The first kappa shape index (κ1) is 71.2. The van der Waals surface area contributed by atoms with Crippen molar-refractivity contribution in [3.05, 3.63) is 374 Å². The van der Waals surface area contributed by atoms with Gasteiger partial charge in [0, 0.05) is 61.0 Å². The molecule has 0 unspecified atom stereocenters. The fraction of sp³-hybridized carbons (Fsp3) is 0.115. The number of aliphatic carboxylic acids is 1. The summed E-state index contributed by atoms with van der Waals surface area (Å²) in [5.41, 5.74) is 15.3. The van der Waals surface area contributed by atoms with Crippen LogP contribution in [0.25, 0.3) is 89.0 Å². The van der Waals surface area contributed by atoms with E-state index < -0.39 is 39.4 Å². The van der Waals surface area contributed by atoms with E-state index in [2.05, 4.69) is 224 Å². The van der Waals surface area contributed by atoms with Crippen LogP contribution in [0, 0.1) is 0 Å². The minimum atomic E-state index is -2.42. The Bertz CT molecular complexity index is 4510. The van der Waals surface area contributed by atoms with Crippen LogP contribution in [-0.4, -0.2) is 11.1 Å². The van der Waals surface area contributed by atoms with Crippen molar-refractivity contribution in [1.82, 2.24) is 0 Å². The highest BCUT2D eigenvalue weighted by Gasteiger charge is 2.38. The first-order valence-corrected chi connectivity index (χ1v) is 37.9. The van der Waals surface area contributed by atoms with Crippen LogP contribution < -0.4 is 27.1 Å². The number of carboxylic acid groups (broad SMARTS) is 1. The molecule has 14 rings (SSSR count). The Kier molecular flexibility index (Phi) is 21.3. The van der Waals surface area contributed by atoms with Gasteiger partial charge in [-0.1, -0.05) is 388 Å². The van der Waals surface area contributed by atoms with Crippen molar-refractivity contribution < 1.29 is 37.0 Å². The molecule has 14 aromatic rings. The molecule has 0 heterocycles. The molecule has 0 radical (unpaired) electrons. The zero-order chi connectivity index (χ0) is 73.2. The van der Waals surface area contributed by atoms with Gasteiger partial charge in [0.05, 0.1) is 6.42 Å². The molecule has 0 atom stereocenters. The van der Waals surface area contributed by atoms with Crippen LogP contribution in [0.5, 0.6) is 34.5 Å². The van der Waals surface area contributed by atoms with E-state index in [-0.39, 0.29) is 6.42 Å². The SMILES string of the molecule is CC(C)(C)c1cc(C(C)(CC(=O)O)c2ccc(OP(Oc3c(-c4ccccc4)cccc3-c3ccccc3)Oc3c(-c4ccccc4)cccc3-c3ccccc3)c(C(C)(C)C)c2)ccc1OP(Oc1c(-c2ccccc2)cccc1-c1ccccc1)Oc1c(-c2ccccc2)cccc1-c1ccccc1. The summed E-state index contributed by atoms with van der Waals surface area (Å²) < 4.78 is 45.1. The maximum Gasteiger partial charge on any atom is 0.530 e. The number of carboxylic acids is 1. The van der Waals surface area contributed by atoms with Gasteiger partial charge in [-0.25, -0.2) is 0 Å². The normalized spacial score (nSPS) is 11.6. The molecule has 0 aliphatic carbocycles. The maximum absolute atomic E-state index is 13.8. The van der Waals surface area contributed by atoms with Crippen molar-refractivity contribution in [2.24, 2.45) is 0 Å². The largest absolute Gasteiger partial charge is 0.530 e. The Hall–Kier alpha value is -11.8. The highest BCUT2D eigenvalue weighted by Crippen LogP contribution is 2.57. The predicted octanol–water partition coefficient (Wildman–Crippen LogP) is 26.9. The third-order valence-electron chi connectivity index (χ3n) is 19.1. The molecule has 0 aliphatic heterocycles. The molecule has 0 fully saturated rings. The summed E-state index contributed by atoms with van der Waals surface area (Å²) in [7, 11) is -4.84. The summed E-state index contributed by atoms with van der Waals surface area (Å²) in [6, 6.07) is 119. The lowest BCUT2D eigenvalue weighted by atomic mass is 9.70. The van der Waals surface area contributed by atoms with Crippen molar-refractivity contribution in [2.45, 2.75) is 71.1 Å². The molecule has 14 aromatic carbocycles. The van der Waals surface area contributed by atoms with Gasteiger partial charge in [-0.15, -0.1) is 0 Å². The zero-order valence-corrected chi connectivity index (χ0v) is 62.2. The van der Waals surface area contributed by atoms with Gasteiger partial charge in [-0.05, 0) is 78.6 Å². The Labute approximate surface area is 625 Å². The maximum atomic E-state index is 13.8. The molecule has 524 valence electrons. The molecule has 0 aliphatic rings. The highest BCUT2D eigenvalue weighted by atomic mass is 31.2. The second kappa shape index (κ2) is 31.7. The number of hydrogen-bond acceptors (Lipinski definition) is 7.